The van der Waals surface area contributed by atoms with Crippen LogP contribution < -0.4 is 4.74 Å². The van der Waals surface area contributed by atoms with Crippen molar-refractivity contribution < 1.29 is 39.5 Å². The molecule has 3 aliphatic carbocycles. The fraction of sp³-hybridized carbons (Fsp3) is 0.500. The number of likely N-dealkylation sites (N-methyl/N-ethyl adjacent to an activating group) is 1. The van der Waals surface area contributed by atoms with Crippen LogP contribution in [0.4, 0.5) is 0 Å². The Labute approximate surface area is 203 Å². The van der Waals surface area contributed by atoms with Gasteiger partial charge in [0.05, 0.1) is 18.2 Å². The van der Waals surface area contributed by atoms with Crippen molar-refractivity contribution in [3.05, 3.63) is 45.9 Å². The van der Waals surface area contributed by atoms with Crippen LogP contribution in [-0.2, 0) is 16.0 Å². The molecule has 4 rings (SSSR count). The van der Waals surface area contributed by atoms with Crippen molar-refractivity contribution in [1.82, 2.24) is 4.90 Å². The number of carbonyl (C=O) groups excluding carboxylic acids is 3. The molecule has 3 aliphatic rings. The second kappa shape index (κ2) is 8.80. The quantitative estimate of drug-likeness (QED) is 0.352. The highest BCUT2D eigenvalue weighted by Crippen LogP contribution is 2.53. The molecule has 0 radical (unpaired) electrons. The van der Waals surface area contributed by atoms with Crippen molar-refractivity contribution >= 4 is 17.3 Å². The minimum atomic E-state index is -2.56. The number of benzene rings is 1. The molecule has 0 aliphatic heterocycles. The van der Waals surface area contributed by atoms with Gasteiger partial charge in [-0.05, 0) is 58.3 Å². The fourth-order valence-electron chi connectivity index (χ4n) is 5.79. The van der Waals surface area contributed by atoms with Crippen LogP contribution in [0.1, 0.15) is 49.0 Å². The van der Waals surface area contributed by atoms with Gasteiger partial charge in [0.25, 0.3) is 0 Å². The number of aromatic hydroxyl groups is 1. The number of allylic oxidation sites excluding steroid dienone is 1. The smallest absolute Gasteiger partial charge is 0.209 e. The van der Waals surface area contributed by atoms with E-state index in [2.05, 4.69) is 0 Å². The van der Waals surface area contributed by atoms with Gasteiger partial charge in [0.2, 0.25) is 5.78 Å². The number of fused-ring (bicyclic) bond motifs is 3. The van der Waals surface area contributed by atoms with E-state index in [-0.39, 0.29) is 29.7 Å². The van der Waals surface area contributed by atoms with Crippen LogP contribution in [0, 0.1) is 11.8 Å². The molecule has 0 heterocycles. The van der Waals surface area contributed by atoms with E-state index in [1.807, 2.05) is 6.92 Å². The topological polar surface area (TPSA) is 145 Å². The van der Waals surface area contributed by atoms with Gasteiger partial charge < -0.3 is 25.2 Å². The first-order valence-electron chi connectivity index (χ1n) is 11.8. The second-order valence-electron chi connectivity index (χ2n) is 9.79. The molecular formula is C26H31NO8. The van der Waals surface area contributed by atoms with E-state index in [0.29, 0.717) is 17.9 Å². The maximum Gasteiger partial charge on any atom is 0.209 e. The lowest BCUT2D eigenvalue weighted by molar-refractivity contribution is -0.148. The highest BCUT2D eigenvalue weighted by molar-refractivity contribution is 6.25. The number of carbonyl (C=O) groups is 3. The lowest BCUT2D eigenvalue weighted by atomic mass is 9.58. The van der Waals surface area contributed by atoms with Gasteiger partial charge in [0.15, 0.2) is 17.2 Å². The number of unbranched alkanes of at least 4 members (excludes halogenated alkanes) is 1. The standard InChI is InChI=1S/C26H31NO8/c1-5-6-9-35-17-8-7-16(29)20-14(17)10-13-11-15-21(27(3)4)23(31)18(12(2)28)24(32)26(15,34)25(33)19(13)22(20)30/h7-8,13,15,21,29,31,33-34H,5-6,9-11H2,1-4H3/t13-,15-,21-,26+/m0/s1. The summed E-state index contributed by atoms with van der Waals surface area (Å²) in [6.45, 7) is 3.55. The van der Waals surface area contributed by atoms with Crippen LogP contribution >= 0.6 is 0 Å². The molecule has 9 nitrogen and oxygen atoms in total. The number of rotatable bonds is 6. The Balaban J connectivity index is 1.89. The summed E-state index contributed by atoms with van der Waals surface area (Å²) in [4.78, 5) is 40.7. The van der Waals surface area contributed by atoms with E-state index in [4.69, 9.17) is 4.74 Å². The van der Waals surface area contributed by atoms with Gasteiger partial charge in [0, 0.05) is 17.1 Å². The first-order valence-corrected chi connectivity index (χ1v) is 11.8. The zero-order valence-electron chi connectivity index (χ0n) is 20.3. The Morgan fingerprint density at radius 1 is 1.20 bits per heavy atom. The molecular weight excluding hydrogens is 454 g/mol. The first-order chi connectivity index (χ1) is 16.5. The van der Waals surface area contributed by atoms with Crippen molar-refractivity contribution in [3.8, 4) is 11.5 Å². The van der Waals surface area contributed by atoms with Gasteiger partial charge in [-0.1, -0.05) is 13.3 Å². The number of ketones is 3. The Morgan fingerprint density at radius 3 is 2.49 bits per heavy atom. The van der Waals surface area contributed by atoms with Crippen LogP contribution in [0.15, 0.2) is 34.8 Å². The van der Waals surface area contributed by atoms with Crippen LogP contribution in [0.25, 0.3) is 0 Å². The largest absolute Gasteiger partial charge is 0.510 e. The van der Waals surface area contributed by atoms with Crippen molar-refractivity contribution in [1.29, 1.82) is 0 Å². The molecule has 0 amide bonds. The van der Waals surface area contributed by atoms with Crippen LogP contribution in [0.5, 0.6) is 11.5 Å². The SMILES string of the molecule is CCCCOc1ccc(O)c2c1C[C@H]1C[C@H]3[C@H](N(C)C)C(O)=C(C(C)=O)C(=O)[C@@]3(O)C(O)=C1C2=O. The molecule has 188 valence electrons. The van der Waals surface area contributed by atoms with Gasteiger partial charge in [-0.2, -0.15) is 0 Å². The van der Waals surface area contributed by atoms with Crippen molar-refractivity contribution in [2.45, 2.75) is 51.2 Å². The molecule has 0 spiro atoms. The number of aliphatic hydroxyl groups excluding tert-OH is 2. The molecule has 0 bridgehead atoms. The third kappa shape index (κ3) is 3.56. The number of Topliss-reactive ketones (excluding diaryl/α,β-unsaturated/α-hetero) is 3. The number of hydrogen-bond donors (Lipinski definition) is 4. The van der Waals surface area contributed by atoms with Crippen molar-refractivity contribution in [2.75, 3.05) is 20.7 Å². The lowest BCUT2D eigenvalue weighted by Gasteiger charge is -2.50. The monoisotopic (exact) mass is 485 g/mol. The van der Waals surface area contributed by atoms with Crippen molar-refractivity contribution in [3.63, 3.8) is 0 Å². The summed E-state index contributed by atoms with van der Waals surface area (Å²) in [6.07, 6.45) is 2.03. The second-order valence-corrected chi connectivity index (χ2v) is 9.79. The number of phenolic OH excluding ortho intramolecular Hbond substituents is 1. The molecule has 0 aromatic heterocycles. The molecule has 1 aromatic carbocycles. The van der Waals surface area contributed by atoms with E-state index in [1.54, 1.807) is 25.1 Å². The Hall–Kier alpha value is -3.17. The molecule has 0 saturated heterocycles. The summed E-state index contributed by atoms with van der Waals surface area (Å²) in [5, 5.41) is 44.3. The third-order valence-corrected chi connectivity index (χ3v) is 7.42. The van der Waals surface area contributed by atoms with Gasteiger partial charge >= 0.3 is 0 Å². The maximum atomic E-state index is 13.6. The highest BCUT2D eigenvalue weighted by atomic mass is 16.5. The molecule has 9 heteroatoms. The highest BCUT2D eigenvalue weighted by Gasteiger charge is 2.63. The fourth-order valence-corrected chi connectivity index (χ4v) is 5.79. The van der Waals surface area contributed by atoms with Gasteiger partial charge in [-0.3, -0.25) is 19.3 Å². The van der Waals surface area contributed by atoms with Gasteiger partial charge in [-0.15, -0.1) is 0 Å². The van der Waals surface area contributed by atoms with E-state index in [9.17, 15) is 34.8 Å². The van der Waals surface area contributed by atoms with Crippen LogP contribution in [0.3, 0.4) is 0 Å². The van der Waals surface area contributed by atoms with Gasteiger partial charge in [-0.25, -0.2) is 0 Å². The molecule has 4 atom stereocenters. The average molecular weight is 486 g/mol. The first kappa shape index (κ1) is 24.9. The summed E-state index contributed by atoms with van der Waals surface area (Å²) in [5.41, 5.74) is -2.84. The molecule has 0 fully saturated rings. The number of phenols is 1. The van der Waals surface area contributed by atoms with Gasteiger partial charge in [0.1, 0.15) is 28.6 Å². The predicted molar refractivity (Wildman–Crippen MR) is 126 cm³/mol. The average Bonchev–Trinajstić information content (AvgIpc) is 2.77. The summed E-state index contributed by atoms with van der Waals surface area (Å²) >= 11 is 0. The summed E-state index contributed by atoms with van der Waals surface area (Å²) in [6, 6.07) is 2.01. The summed E-state index contributed by atoms with van der Waals surface area (Å²) in [5.74, 6) is -5.30. The lowest BCUT2D eigenvalue weighted by Crippen LogP contribution is -2.63. The third-order valence-electron chi connectivity index (χ3n) is 7.42. The Bertz CT molecular complexity index is 1180. The number of hydrogen-bond acceptors (Lipinski definition) is 9. The summed E-state index contributed by atoms with van der Waals surface area (Å²) in [7, 11) is 3.26. The Morgan fingerprint density at radius 2 is 1.89 bits per heavy atom. The zero-order valence-corrected chi connectivity index (χ0v) is 20.3. The van der Waals surface area contributed by atoms with Crippen LogP contribution in [-0.4, -0.2) is 75.0 Å². The van der Waals surface area contributed by atoms with E-state index >= 15 is 0 Å². The Kier molecular flexibility index (Phi) is 6.27. The minimum absolute atomic E-state index is 0.0311. The number of ether oxygens (including phenoxy) is 1. The van der Waals surface area contributed by atoms with E-state index < -0.39 is 57.9 Å². The number of nitrogens with zero attached hydrogens (tertiary/aromatic N) is 1. The summed E-state index contributed by atoms with van der Waals surface area (Å²) < 4.78 is 5.88. The zero-order chi connectivity index (χ0) is 25.8. The molecule has 1 aromatic rings. The van der Waals surface area contributed by atoms with E-state index in [1.165, 1.54) is 6.07 Å². The number of aliphatic hydroxyl groups is 3. The molecule has 35 heavy (non-hydrogen) atoms. The van der Waals surface area contributed by atoms with Crippen molar-refractivity contribution in [2.24, 2.45) is 11.8 Å². The predicted octanol–water partition coefficient (Wildman–Crippen LogP) is 2.40. The molecule has 4 N–H and O–H groups in total. The molecule has 0 unspecified atom stereocenters. The van der Waals surface area contributed by atoms with Crippen LogP contribution in [0.2, 0.25) is 0 Å². The maximum absolute atomic E-state index is 13.6. The molecule has 0 saturated carbocycles. The minimum Gasteiger partial charge on any atom is -0.510 e. The van der Waals surface area contributed by atoms with E-state index in [0.717, 1.165) is 19.8 Å². The normalized spacial score (nSPS) is 28.1.